The van der Waals surface area contributed by atoms with Crippen molar-refractivity contribution in [3.63, 3.8) is 0 Å². The number of primary amides is 1. The predicted octanol–water partition coefficient (Wildman–Crippen LogP) is 1.98. The zero-order valence-corrected chi connectivity index (χ0v) is 17.1. The van der Waals surface area contributed by atoms with Crippen LogP contribution in [0.1, 0.15) is 40.5 Å². The second-order valence-corrected chi connectivity index (χ2v) is 7.74. The van der Waals surface area contributed by atoms with E-state index in [4.69, 9.17) is 5.73 Å². The van der Waals surface area contributed by atoms with Crippen LogP contribution in [0.15, 0.2) is 54.9 Å². The van der Waals surface area contributed by atoms with Crippen molar-refractivity contribution >= 4 is 17.6 Å². The van der Waals surface area contributed by atoms with Crippen LogP contribution in [-0.2, 0) is 16.0 Å². The summed E-state index contributed by atoms with van der Waals surface area (Å²) in [5.74, 6) is -2.42. The lowest BCUT2D eigenvalue weighted by Gasteiger charge is -2.16. The topological polar surface area (TPSA) is 120 Å². The highest BCUT2D eigenvalue weighted by atomic mass is 16.2. The molecule has 1 saturated carbocycles. The quantitative estimate of drug-likeness (QED) is 0.543. The summed E-state index contributed by atoms with van der Waals surface area (Å²) in [6.07, 6.45) is 5.53. The van der Waals surface area contributed by atoms with Crippen LogP contribution in [0.4, 0.5) is 0 Å². The number of nitrogens with two attached hydrogens (primary N) is 1. The molecule has 0 bridgehead atoms. The highest BCUT2D eigenvalue weighted by Crippen LogP contribution is 2.36. The summed E-state index contributed by atoms with van der Waals surface area (Å²) in [5, 5.41) is 7.30. The predicted molar refractivity (Wildman–Crippen MR) is 114 cm³/mol. The zero-order valence-electron chi connectivity index (χ0n) is 17.1. The first-order valence-electron chi connectivity index (χ1n) is 10.1. The fraction of sp³-hybridized carbons (Fsp3) is 0.261. The SMILES string of the molecule is Cc1ccc(-c2nn(C3CC3)cc2C(=O)NC(Cc2ccccc2)C(=O)C(N)=O)cn1. The van der Waals surface area contributed by atoms with Crippen LogP contribution in [0.5, 0.6) is 0 Å². The molecule has 3 N–H and O–H groups in total. The molecule has 0 spiro atoms. The Morgan fingerprint density at radius 2 is 1.90 bits per heavy atom. The minimum absolute atomic E-state index is 0.159. The van der Waals surface area contributed by atoms with E-state index >= 15 is 0 Å². The van der Waals surface area contributed by atoms with Gasteiger partial charge in [-0.25, -0.2) is 0 Å². The number of Topliss-reactive ketones (excluding diaryl/α,β-unsaturated/α-hetero) is 1. The first kappa shape index (κ1) is 20.5. The number of nitrogens with zero attached hydrogens (tertiary/aromatic N) is 3. The number of rotatable bonds is 8. The van der Waals surface area contributed by atoms with Crippen molar-refractivity contribution in [3.05, 3.63) is 71.7 Å². The lowest BCUT2D eigenvalue weighted by Crippen LogP contribution is -2.47. The molecule has 1 unspecified atom stereocenters. The van der Waals surface area contributed by atoms with Crippen molar-refractivity contribution < 1.29 is 14.4 Å². The molecule has 2 heterocycles. The lowest BCUT2D eigenvalue weighted by molar-refractivity contribution is -0.137. The Bertz CT molecular complexity index is 1120. The van der Waals surface area contributed by atoms with Crippen molar-refractivity contribution in [2.45, 2.75) is 38.3 Å². The molecule has 1 aliphatic rings. The number of ketones is 1. The standard InChI is InChI=1S/C23H23N5O3/c1-14-7-8-16(12-25-14)20-18(13-28(27-20)17-9-10-17)23(31)26-19(21(29)22(24)30)11-15-5-3-2-4-6-15/h2-8,12-13,17,19H,9-11H2,1H3,(H2,24,30)(H,26,31). The summed E-state index contributed by atoms with van der Waals surface area (Å²) < 4.78 is 1.78. The maximum Gasteiger partial charge on any atom is 0.287 e. The maximum atomic E-state index is 13.2. The van der Waals surface area contributed by atoms with Gasteiger partial charge in [-0.15, -0.1) is 0 Å². The van der Waals surface area contributed by atoms with Gasteiger partial charge >= 0.3 is 0 Å². The van der Waals surface area contributed by atoms with Gasteiger partial charge in [0.25, 0.3) is 11.8 Å². The van der Waals surface area contributed by atoms with Gasteiger partial charge in [0.05, 0.1) is 11.6 Å². The Hall–Kier alpha value is -3.81. The Morgan fingerprint density at radius 1 is 1.16 bits per heavy atom. The van der Waals surface area contributed by atoms with Crippen molar-refractivity contribution in [1.29, 1.82) is 0 Å². The highest BCUT2D eigenvalue weighted by Gasteiger charge is 2.30. The number of aryl methyl sites for hydroxylation is 1. The first-order chi connectivity index (χ1) is 14.9. The van der Waals surface area contributed by atoms with Gasteiger partial charge < -0.3 is 11.1 Å². The normalized spacial score (nSPS) is 14.1. The number of carbonyl (C=O) groups is 3. The van der Waals surface area contributed by atoms with Crippen molar-refractivity contribution in [1.82, 2.24) is 20.1 Å². The Balaban J connectivity index is 1.64. The van der Waals surface area contributed by atoms with Crippen LogP contribution in [0.2, 0.25) is 0 Å². The molecule has 8 heteroatoms. The molecule has 1 fully saturated rings. The minimum Gasteiger partial charge on any atom is -0.363 e. The molecule has 4 rings (SSSR count). The zero-order chi connectivity index (χ0) is 22.0. The molecule has 0 saturated heterocycles. The van der Waals surface area contributed by atoms with E-state index in [1.54, 1.807) is 17.1 Å². The molecule has 1 aromatic carbocycles. The number of hydrogen-bond donors (Lipinski definition) is 2. The van der Waals surface area contributed by atoms with E-state index in [1.807, 2.05) is 49.4 Å². The molecule has 2 amide bonds. The molecule has 0 aliphatic heterocycles. The van der Waals surface area contributed by atoms with Crippen LogP contribution in [0, 0.1) is 6.92 Å². The molecule has 1 atom stereocenters. The summed E-state index contributed by atoms with van der Waals surface area (Å²) in [6.45, 7) is 1.88. The van der Waals surface area contributed by atoms with Crippen LogP contribution in [-0.4, -0.2) is 38.4 Å². The van der Waals surface area contributed by atoms with E-state index in [9.17, 15) is 14.4 Å². The summed E-state index contributed by atoms with van der Waals surface area (Å²) in [7, 11) is 0. The van der Waals surface area contributed by atoms with Crippen molar-refractivity contribution in [3.8, 4) is 11.3 Å². The Labute approximate surface area is 179 Å². The maximum absolute atomic E-state index is 13.2. The summed E-state index contributed by atoms with van der Waals surface area (Å²) >= 11 is 0. The van der Waals surface area contributed by atoms with Gasteiger partial charge in [-0.2, -0.15) is 5.10 Å². The second kappa shape index (κ2) is 8.51. The third-order valence-corrected chi connectivity index (χ3v) is 5.23. The van der Waals surface area contributed by atoms with Crippen LogP contribution < -0.4 is 11.1 Å². The van der Waals surface area contributed by atoms with E-state index in [-0.39, 0.29) is 12.5 Å². The minimum atomic E-state index is -1.09. The molecule has 2 aromatic heterocycles. The summed E-state index contributed by atoms with van der Waals surface area (Å²) in [6, 6.07) is 12.0. The average Bonchev–Trinajstić information content (AvgIpc) is 3.52. The van der Waals surface area contributed by atoms with Gasteiger partial charge in [0.15, 0.2) is 0 Å². The van der Waals surface area contributed by atoms with Gasteiger partial charge in [-0.3, -0.25) is 24.0 Å². The Morgan fingerprint density at radius 3 is 2.52 bits per heavy atom. The van der Waals surface area contributed by atoms with E-state index in [0.29, 0.717) is 16.8 Å². The smallest absolute Gasteiger partial charge is 0.287 e. The highest BCUT2D eigenvalue weighted by molar-refractivity contribution is 6.38. The van der Waals surface area contributed by atoms with Gasteiger partial charge in [-0.1, -0.05) is 30.3 Å². The number of carbonyl (C=O) groups excluding carboxylic acids is 3. The molecule has 3 aromatic rings. The van der Waals surface area contributed by atoms with Gasteiger partial charge in [0.2, 0.25) is 5.78 Å². The molecule has 8 nitrogen and oxygen atoms in total. The summed E-state index contributed by atoms with van der Waals surface area (Å²) in [5.41, 5.74) is 8.40. The van der Waals surface area contributed by atoms with Crippen LogP contribution in [0.25, 0.3) is 11.3 Å². The fourth-order valence-electron chi connectivity index (χ4n) is 3.37. The van der Waals surface area contributed by atoms with E-state index < -0.39 is 23.6 Å². The molecular formula is C23H23N5O3. The molecule has 0 radical (unpaired) electrons. The largest absolute Gasteiger partial charge is 0.363 e. The van der Waals surface area contributed by atoms with Crippen molar-refractivity contribution in [2.24, 2.45) is 5.73 Å². The van der Waals surface area contributed by atoms with Crippen LogP contribution in [0.3, 0.4) is 0 Å². The third kappa shape index (κ3) is 4.69. The van der Waals surface area contributed by atoms with Gasteiger partial charge in [-0.05, 0) is 37.5 Å². The molecule has 158 valence electrons. The average molecular weight is 417 g/mol. The van der Waals surface area contributed by atoms with E-state index in [0.717, 1.165) is 24.1 Å². The Kier molecular flexibility index (Phi) is 5.62. The number of hydrogen-bond acceptors (Lipinski definition) is 5. The third-order valence-electron chi connectivity index (χ3n) is 5.23. The van der Waals surface area contributed by atoms with Crippen LogP contribution >= 0.6 is 0 Å². The molecule has 1 aliphatic carbocycles. The molecule has 31 heavy (non-hydrogen) atoms. The van der Waals surface area contributed by atoms with E-state index in [2.05, 4.69) is 15.4 Å². The van der Waals surface area contributed by atoms with Crippen molar-refractivity contribution in [2.75, 3.05) is 0 Å². The number of amides is 2. The lowest BCUT2D eigenvalue weighted by atomic mass is 10.0. The monoisotopic (exact) mass is 417 g/mol. The van der Waals surface area contributed by atoms with E-state index in [1.165, 1.54) is 0 Å². The fourth-order valence-corrected chi connectivity index (χ4v) is 3.37. The number of benzene rings is 1. The van der Waals surface area contributed by atoms with Gasteiger partial charge in [0, 0.05) is 30.1 Å². The number of nitrogens with one attached hydrogen (secondary N) is 1. The van der Waals surface area contributed by atoms with Gasteiger partial charge in [0.1, 0.15) is 11.7 Å². The second-order valence-electron chi connectivity index (χ2n) is 7.74. The number of pyridine rings is 1. The molecular weight excluding hydrogens is 394 g/mol. The number of aromatic nitrogens is 3. The first-order valence-corrected chi connectivity index (χ1v) is 10.1. The summed E-state index contributed by atoms with van der Waals surface area (Å²) in [4.78, 5) is 41.5.